The lowest BCUT2D eigenvalue weighted by Crippen LogP contribution is -2.23. The van der Waals surface area contributed by atoms with Gasteiger partial charge in [-0.3, -0.25) is 4.79 Å². The summed E-state index contributed by atoms with van der Waals surface area (Å²) < 4.78 is 29.2. The van der Waals surface area contributed by atoms with Crippen LogP contribution in [0.25, 0.3) is 0 Å². The van der Waals surface area contributed by atoms with Crippen LogP contribution in [0.4, 0.5) is 4.39 Å². The summed E-state index contributed by atoms with van der Waals surface area (Å²) in [6, 6.07) is 14.7. The van der Waals surface area contributed by atoms with Crippen LogP contribution >= 0.6 is 0 Å². The fraction of sp³-hybridized carbons (Fsp3) is 0.217. The highest BCUT2D eigenvalue weighted by Crippen LogP contribution is 2.25. The van der Waals surface area contributed by atoms with Crippen molar-refractivity contribution in [2.45, 2.75) is 19.4 Å². The van der Waals surface area contributed by atoms with Gasteiger partial charge in [-0.25, -0.2) is 9.37 Å². The molecule has 0 aliphatic heterocycles. The van der Waals surface area contributed by atoms with Crippen LogP contribution in [0.3, 0.4) is 0 Å². The van der Waals surface area contributed by atoms with Crippen LogP contribution in [0.1, 0.15) is 17.5 Å². The van der Waals surface area contributed by atoms with E-state index in [1.807, 2.05) is 18.2 Å². The van der Waals surface area contributed by atoms with Crippen LogP contribution in [0.15, 0.2) is 60.8 Å². The number of ether oxygens (including phenoxy) is 3. The quantitative estimate of drug-likeness (QED) is 0.570. The minimum atomic E-state index is -0.335. The number of carbonyl (C=O) groups excluding carboxylic acids is 1. The molecule has 0 aliphatic carbocycles. The van der Waals surface area contributed by atoms with Crippen molar-refractivity contribution in [2.24, 2.45) is 0 Å². The third-order valence-electron chi connectivity index (χ3n) is 4.43. The van der Waals surface area contributed by atoms with Gasteiger partial charge in [-0.15, -0.1) is 0 Å². The number of nitrogens with zero attached hydrogens (tertiary/aromatic N) is 1. The molecule has 0 saturated carbocycles. The highest BCUT2D eigenvalue weighted by Gasteiger charge is 2.09. The molecule has 3 rings (SSSR count). The average molecular weight is 410 g/mol. The first-order valence-corrected chi connectivity index (χ1v) is 9.43. The van der Waals surface area contributed by atoms with Gasteiger partial charge in [0.25, 0.3) is 0 Å². The number of aryl methyl sites for hydroxylation is 1. The van der Waals surface area contributed by atoms with Crippen molar-refractivity contribution >= 4 is 5.91 Å². The Morgan fingerprint density at radius 1 is 1.00 bits per heavy atom. The summed E-state index contributed by atoms with van der Waals surface area (Å²) >= 11 is 0. The second-order valence-corrected chi connectivity index (χ2v) is 6.51. The fourth-order valence-electron chi connectivity index (χ4n) is 2.85. The van der Waals surface area contributed by atoms with E-state index < -0.39 is 0 Å². The molecule has 1 amide bonds. The van der Waals surface area contributed by atoms with Gasteiger partial charge < -0.3 is 19.5 Å². The summed E-state index contributed by atoms with van der Waals surface area (Å²) in [5, 5.41) is 2.89. The molecule has 7 heteroatoms. The van der Waals surface area contributed by atoms with E-state index in [9.17, 15) is 9.18 Å². The van der Waals surface area contributed by atoms with E-state index in [4.69, 9.17) is 14.2 Å². The molecule has 30 heavy (non-hydrogen) atoms. The van der Waals surface area contributed by atoms with Crippen molar-refractivity contribution < 1.29 is 23.4 Å². The Hall–Kier alpha value is -3.61. The molecule has 1 heterocycles. The minimum absolute atomic E-state index is 0.0855. The first-order valence-electron chi connectivity index (χ1n) is 9.43. The smallest absolute Gasteiger partial charge is 0.220 e. The van der Waals surface area contributed by atoms with Gasteiger partial charge in [0.1, 0.15) is 23.1 Å². The molecule has 0 unspecified atom stereocenters. The van der Waals surface area contributed by atoms with Crippen LogP contribution in [-0.4, -0.2) is 25.1 Å². The maximum atomic E-state index is 13.0. The third kappa shape index (κ3) is 5.94. The van der Waals surface area contributed by atoms with E-state index in [-0.39, 0.29) is 11.7 Å². The Bertz CT molecular complexity index is 993. The number of aromatic nitrogens is 1. The van der Waals surface area contributed by atoms with E-state index in [0.717, 1.165) is 22.6 Å². The number of hydrogen-bond donors (Lipinski definition) is 1. The summed E-state index contributed by atoms with van der Waals surface area (Å²) in [6.45, 7) is 0.344. The Balaban J connectivity index is 1.53. The fourth-order valence-corrected chi connectivity index (χ4v) is 2.85. The number of methoxy groups -OCH3 is 2. The maximum absolute atomic E-state index is 13.0. The van der Waals surface area contributed by atoms with E-state index in [1.165, 1.54) is 24.3 Å². The van der Waals surface area contributed by atoms with Crippen LogP contribution in [0.2, 0.25) is 0 Å². The Morgan fingerprint density at radius 2 is 1.77 bits per heavy atom. The Morgan fingerprint density at radius 3 is 2.50 bits per heavy atom. The number of carbonyl (C=O) groups is 1. The number of hydrogen-bond acceptors (Lipinski definition) is 5. The lowest BCUT2D eigenvalue weighted by atomic mass is 10.1. The monoisotopic (exact) mass is 410 g/mol. The van der Waals surface area contributed by atoms with E-state index in [2.05, 4.69) is 10.3 Å². The average Bonchev–Trinajstić information content (AvgIpc) is 2.78. The molecule has 0 aliphatic rings. The summed E-state index contributed by atoms with van der Waals surface area (Å²) in [5.74, 6) is 1.87. The van der Waals surface area contributed by atoms with E-state index in [0.29, 0.717) is 31.0 Å². The zero-order valence-electron chi connectivity index (χ0n) is 16.9. The molecular formula is C23H23FN2O4. The van der Waals surface area contributed by atoms with Gasteiger partial charge in [-0.05, 0) is 66.1 Å². The highest BCUT2D eigenvalue weighted by atomic mass is 19.1. The zero-order chi connectivity index (χ0) is 21.3. The van der Waals surface area contributed by atoms with Crippen molar-refractivity contribution in [3.63, 3.8) is 0 Å². The van der Waals surface area contributed by atoms with E-state index >= 15 is 0 Å². The van der Waals surface area contributed by atoms with Gasteiger partial charge in [0.05, 0.1) is 14.2 Å². The number of pyridine rings is 1. The number of amides is 1. The topological polar surface area (TPSA) is 69.7 Å². The second-order valence-electron chi connectivity index (χ2n) is 6.51. The Labute approximate surface area is 174 Å². The number of halogens is 1. The van der Waals surface area contributed by atoms with E-state index in [1.54, 1.807) is 32.5 Å². The molecule has 1 aromatic heterocycles. The second kappa shape index (κ2) is 10.2. The predicted octanol–water partition coefficient (Wildman–Crippen LogP) is 4.28. The van der Waals surface area contributed by atoms with Gasteiger partial charge in [0.2, 0.25) is 11.8 Å². The molecule has 6 nitrogen and oxygen atoms in total. The van der Waals surface area contributed by atoms with Crippen LogP contribution in [-0.2, 0) is 17.8 Å². The van der Waals surface area contributed by atoms with Crippen LogP contribution in [0, 0.1) is 5.82 Å². The number of rotatable bonds is 9. The first-order chi connectivity index (χ1) is 14.6. The molecule has 0 saturated heterocycles. The molecule has 0 spiro atoms. The summed E-state index contributed by atoms with van der Waals surface area (Å²) in [6.07, 6.45) is 2.44. The lowest BCUT2D eigenvalue weighted by molar-refractivity contribution is -0.121. The number of benzene rings is 2. The molecular weight excluding hydrogens is 387 g/mol. The summed E-state index contributed by atoms with van der Waals surface area (Å²) in [4.78, 5) is 16.4. The van der Waals surface area contributed by atoms with Gasteiger partial charge in [0.15, 0.2) is 0 Å². The summed E-state index contributed by atoms with van der Waals surface area (Å²) in [7, 11) is 3.20. The molecule has 1 N–H and O–H groups in total. The van der Waals surface area contributed by atoms with Crippen LogP contribution < -0.4 is 19.5 Å². The van der Waals surface area contributed by atoms with Gasteiger partial charge >= 0.3 is 0 Å². The summed E-state index contributed by atoms with van der Waals surface area (Å²) in [5.41, 5.74) is 1.75. The standard InChI is InChI=1S/C23H23FN2O4/c1-28-20-8-9-21(29-2)17(14-20)3-10-22(27)26-15-16-11-12-25-23(13-16)30-19-6-4-18(24)5-7-19/h4-9,11-14H,3,10,15H2,1-2H3,(H,26,27). The van der Waals surface area contributed by atoms with Gasteiger partial charge in [-0.1, -0.05) is 0 Å². The molecule has 0 radical (unpaired) electrons. The van der Waals surface area contributed by atoms with Crippen molar-refractivity contribution in [2.75, 3.05) is 14.2 Å². The Kier molecular flexibility index (Phi) is 7.21. The zero-order valence-corrected chi connectivity index (χ0v) is 16.9. The predicted molar refractivity (Wildman–Crippen MR) is 110 cm³/mol. The molecule has 3 aromatic rings. The normalized spacial score (nSPS) is 10.4. The third-order valence-corrected chi connectivity index (χ3v) is 4.43. The molecule has 2 aromatic carbocycles. The van der Waals surface area contributed by atoms with Crippen molar-refractivity contribution in [1.29, 1.82) is 0 Å². The van der Waals surface area contributed by atoms with Crippen molar-refractivity contribution in [1.82, 2.24) is 10.3 Å². The molecule has 0 atom stereocenters. The van der Waals surface area contributed by atoms with Crippen molar-refractivity contribution in [3.05, 3.63) is 77.7 Å². The maximum Gasteiger partial charge on any atom is 0.220 e. The lowest BCUT2D eigenvalue weighted by Gasteiger charge is -2.11. The van der Waals surface area contributed by atoms with Gasteiger partial charge in [-0.2, -0.15) is 0 Å². The van der Waals surface area contributed by atoms with Crippen LogP contribution in [0.5, 0.6) is 23.1 Å². The largest absolute Gasteiger partial charge is 0.497 e. The van der Waals surface area contributed by atoms with Gasteiger partial charge in [0, 0.05) is 25.2 Å². The highest BCUT2D eigenvalue weighted by molar-refractivity contribution is 5.76. The van der Waals surface area contributed by atoms with Crippen molar-refractivity contribution in [3.8, 4) is 23.1 Å². The molecule has 156 valence electrons. The molecule has 0 fully saturated rings. The first kappa shape index (κ1) is 21.1. The SMILES string of the molecule is COc1ccc(OC)c(CCC(=O)NCc2ccnc(Oc3ccc(F)cc3)c2)c1. The number of nitrogens with one attached hydrogen (secondary N) is 1. The minimum Gasteiger partial charge on any atom is -0.497 e. The molecule has 0 bridgehead atoms.